The van der Waals surface area contributed by atoms with Gasteiger partial charge in [-0.2, -0.15) is 0 Å². The smallest absolute Gasteiger partial charge is 0.480 e. The maximum atomic E-state index is 11.7. The van der Waals surface area contributed by atoms with Gasteiger partial charge in [0, 0.05) is 6.42 Å². The second-order valence-corrected chi connectivity index (χ2v) is 7.13. The largest absolute Gasteiger partial charge is 0.524 e. The number of nitrogens with one attached hydrogen (secondary N) is 1. The van der Waals surface area contributed by atoms with Crippen molar-refractivity contribution in [1.82, 2.24) is 5.32 Å². The Labute approximate surface area is 138 Å². The third kappa shape index (κ3) is 7.96. The van der Waals surface area contributed by atoms with Gasteiger partial charge in [0.1, 0.15) is 17.4 Å². The zero-order chi connectivity index (χ0) is 18.5. The second-order valence-electron chi connectivity index (χ2n) is 5.97. The molecule has 24 heavy (non-hydrogen) atoms. The predicted octanol–water partition coefficient (Wildman–Crippen LogP) is 1.68. The van der Waals surface area contributed by atoms with E-state index in [1.165, 1.54) is 24.3 Å². The number of hydrogen-bond donors (Lipinski definition) is 4. The normalized spacial score (nSPS) is 13.0. The van der Waals surface area contributed by atoms with Crippen molar-refractivity contribution in [2.24, 2.45) is 0 Å². The van der Waals surface area contributed by atoms with Gasteiger partial charge in [0.15, 0.2) is 0 Å². The molecule has 1 rings (SSSR count). The summed E-state index contributed by atoms with van der Waals surface area (Å²) in [5, 5.41) is 11.4. The van der Waals surface area contributed by atoms with Crippen molar-refractivity contribution in [2.75, 3.05) is 0 Å². The Morgan fingerprint density at radius 3 is 2.17 bits per heavy atom. The van der Waals surface area contributed by atoms with Crippen LogP contribution >= 0.6 is 7.82 Å². The van der Waals surface area contributed by atoms with Gasteiger partial charge in [-0.25, -0.2) is 14.2 Å². The summed E-state index contributed by atoms with van der Waals surface area (Å²) in [6.45, 7) is 4.96. The molecule has 9 nitrogen and oxygen atoms in total. The molecule has 0 bridgehead atoms. The van der Waals surface area contributed by atoms with Crippen LogP contribution in [0, 0.1) is 0 Å². The van der Waals surface area contributed by atoms with E-state index in [4.69, 9.17) is 14.5 Å². The van der Waals surface area contributed by atoms with Gasteiger partial charge in [0.25, 0.3) is 0 Å². The topological polar surface area (TPSA) is 142 Å². The molecule has 10 heteroatoms. The quantitative estimate of drug-likeness (QED) is 0.561. The molecule has 0 aromatic heterocycles. The Bertz CT molecular complexity index is 631. The summed E-state index contributed by atoms with van der Waals surface area (Å²) in [7, 11) is -4.65. The summed E-state index contributed by atoms with van der Waals surface area (Å²) < 4.78 is 20.1. The standard InChI is InChI=1S/C14H20NO8P/c1-14(2,3)22-13(18)15-11(12(16)17)8-9-4-6-10(7-5-9)23-24(19,20)21/h4-7,11H,8H2,1-3H3,(H,15,18)(H,16,17)(H2,19,20,21)/t11-/m0/s1. The van der Waals surface area contributed by atoms with Gasteiger partial charge in [0.2, 0.25) is 0 Å². The lowest BCUT2D eigenvalue weighted by molar-refractivity contribution is -0.139. The average molecular weight is 361 g/mol. The van der Waals surface area contributed by atoms with Gasteiger partial charge in [-0.1, -0.05) is 12.1 Å². The number of carboxylic acids is 1. The molecule has 1 aromatic rings. The Balaban J connectivity index is 2.73. The maximum Gasteiger partial charge on any atom is 0.524 e. The molecule has 0 unspecified atom stereocenters. The number of carboxylic acid groups (broad SMARTS) is 1. The summed E-state index contributed by atoms with van der Waals surface area (Å²) >= 11 is 0. The van der Waals surface area contributed by atoms with Crippen molar-refractivity contribution < 1.29 is 38.3 Å². The van der Waals surface area contributed by atoms with Crippen molar-refractivity contribution in [3.8, 4) is 5.75 Å². The van der Waals surface area contributed by atoms with E-state index >= 15 is 0 Å². The monoisotopic (exact) mass is 361 g/mol. The number of alkyl carbamates (subject to hydrolysis) is 1. The van der Waals surface area contributed by atoms with E-state index < -0.39 is 31.5 Å². The third-order valence-corrected chi connectivity index (χ3v) is 3.03. The minimum absolute atomic E-state index is 0.0369. The minimum Gasteiger partial charge on any atom is -0.480 e. The Morgan fingerprint density at radius 2 is 1.75 bits per heavy atom. The maximum absolute atomic E-state index is 11.7. The van der Waals surface area contributed by atoms with E-state index in [1.807, 2.05) is 0 Å². The molecule has 0 fully saturated rings. The first-order valence-electron chi connectivity index (χ1n) is 6.92. The van der Waals surface area contributed by atoms with E-state index in [0.717, 1.165) is 0 Å². The van der Waals surface area contributed by atoms with Crippen LogP contribution in [0.15, 0.2) is 24.3 Å². The van der Waals surface area contributed by atoms with E-state index in [0.29, 0.717) is 5.56 Å². The average Bonchev–Trinajstić information content (AvgIpc) is 2.36. The van der Waals surface area contributed by atoms with E-state index in [9.17, 15) is 19.3 Å². The zero-order valence-electron chi connectivity index (χ0n) is 13.4. The molecule has 0 saturated heterocycles. The lowest BCUT2D eigenvalue weighted by atomic mass is 10.1. The summed E-state index contributed by atoms with van der Waals surface area (Å²) in [6, 6.07) is 4.25. The molecule has 0 saturated carbocycles. The van der Waals surface area contributed by atoms with Crippen LogP contribution in [0.5, 0.6) is 5.75 Å². The van der Waals surface area contributed by atoms with Gasteiger partial charge in [-0.3, -0.25) is 9.79 Å². The molecule has 0 aliphatic carbocycles. The fourth-order valence-electron chi connectivity index (χ4n) is 1.71. The van der Waals surface area contributed by atoms with Crippen LogP contribution in [0.4, 0.5) is 4.79 Å². The van der Waals surface area contributed by atoms with Crippen molar-refractivity contribution >= 4 is 19.9 Å². The highest BCUT2D eigenvalue weighted by Gasteiger charge is 2.24. The van der Waals surface area contributed by atoms with Crippen molar-refractivity contribution in [1.29, 1.82) is 0 Å². The number of benzene rings is 1. The first-order chi connectivity index (χ1) is 10.9. The van der Waals surface area contributed by atoms with Gasteiger partial charge in [-0.15, -0.1) is 0 Å². The molecule has 0 aliphatic heterocycles. The molecule has 0 radical (unpaired) electrons. The zero-order valence-corrected chi connectivity index (χ0v) is 14.3. The lowest BCUT2D eigenvalue weighted by Gasteiger charge is -2.22. The number of rotatable bonds is 6. The number of hydrogen-bond acceptors (Lipinski definition) is 5. The van der Waals surface area contributed by atoms with Gasteiger partial charge in [0.05, 0.1) is 0 Å². The Kier molecular flexibility index (Phi) is 6.36. The number of carbonyl (C=O) groups is 2. The number of amides is 1. The molecule has 4 N–H and O–H groups in total. The highest BCUT2D eigenvalue weighted by Crippen LogP contribution is 2.37. The highest BCUT2D eigenvalue weighted by atomic mass is 31.2. The third-order valence-electron chi connectivity index (χ3n) is 2.58. The van der Waals surface area contributed by atoms with E-state index in [-0.39, 0.29) is 12.2 Å². The molecular formula is C14H20NO8P. The van der Waals surface area contributed by atoms with Gasteiger partial charge in [-0.05, 0) is 38.5 Å². The minimum atomic E-state index is -4.65. The van der Waals surface area contributed by atoms with Crippen LogP contribution < -0.4 is 9.84 Å². The van der Waals surface area contributed by atoms with E-state index in [2.05, 4.69) is 9.84 Å². The number of phosphoric acid groups is 1. The highest BCUT2D eigenvalue weighted by molar-refractivity contribution is 7.46. The molecule has 1 aromatic carbocycles. The molecule has 1 atom stereocenters. The summed E-state index contributed by atoms with van der Waals surface area (Å²) in [5.74, 6) is -1.30. The molecule has 0 aliphatic rings. The summed E-state index contributed by atoms with van der Waals surface area (Å²) in [6.07, 6.45) is -0.888. The van der Waals surface area contributed by atoms with Crippen molar-refractivity contribution in [3.63, 3.8) is 0 Å². The molecular weight excluding hydrogens is 341 g/mol. The number of phosphoric ester groups is 1. The predicted molar refractivity (Wildman–Crippen MR) is 83.6 cm³/mol. The van der Waals surface area contributed by atoms with Crippen molar-refractivity contribution in [3.05, 3.63) is 29.8 Å². The Morgan fingerprint density at radius 1 is 1.21 bits per heavy atom. The number of carbonyl (C=O) groups excluding carboxylic acids is 1. The SMILES string of the molecule is CC(C)(C)OC(=O)N[C@@H](Cc1ccc(OP(=O)(O)O)cc1)C(=O)O. The Hall–Kier alpha value is -2.09. The first kappa shape index (κ1) is 20.0. The molecule has 0 spiro atoms. The van der Waals surface area contributed by atoms with E-state index in [1.54, 1.807) is 20.8 Å². The van der Waals surface area contributed by atoms with Crippen LogP contribution in [0.1, 0.15) is 26.3 Å². The van der Waals surface area contributed by atoms with Crippen LogP contribution in [0.2, 0.25) is 0 Å². The summed E-state index contributed by atoms with van der Waals surface area (Å²) in [4.78, 5) is 40.3. The second kappa shape index (κ2) is 7.65. The van der Waals surface area contributed by atoms with Crippen LogP contribution in [-0.2, 0) is 20.5 Å². The van der Waals surface area contributed by atoms with Crippen LogP contribution in [0.25, 0.3) is 0 Å². The van der Waals surface area contributed by atoms with Crippen LogP contribution in [-0.4, -0.2) is 38.6 Å². The fraction of sp³-hybridized carbons (Fsp3) is 0.429. The lowest BCUT2D eigenvalue weighted by Crippen LogP contribution is -2.44. The van der Waals surface area contributed by atoms with Crippen LogP contribution in [0.3, 0.4) is 0 Å². The fourth-order valence-corrected chi connectivity index (χ4v) is 2.11. The van der Waals surface area contributed by atoms with Crippen molar-refractivity contribution in [2.45, 2.75) is 38.8 Å². The molecule has 0 heterocycles. The first-order valence-corrected chi connectivity index (χ1v) is 8.45. The molecule has 1 amide bonds. The summed E-state index contributed by atoms with van der Waals surface area (Å²) in [5.41, 5.74) is -0.231. The number of ether oxygens (including phenoxy) is 1. The molecule has 134 valence electrons. The van der Waals surface area contributed by atoms with Gasteiger partial charge < -0.3 is 19.7 Å². The number of aliphatic carboxylic acids is 1. The van der Waals surface area contributed by atoms with Gasteiger partial charge >= 0.3 is 19.9 Å².